The maximum Gasteiger partial charge on any atom is 0.357 e. The van der Waals surface area contributed by atoms with Crippen molar-refractivity contribution < 1.29 is 18.7 Å². The molecule has 2 aromatic rings. The summed E-state index contributed by atoms with van der Waals surface area (Å²) in [5.74, 6) is -0.978. The Bertz CT molecular complexity index is 805. The first-order valence-electron chi connectivity index (χ1n) is 8.93. The van der Waals surface area contributed by atoms with Crippen LogP contribution in [0.4, 0.5) is 14.9 Å². The second-order valence-electron chi connectivity index (χ2n) is 6.45. The van der Waals surface area contributed by atoms with E-state index in [1.165, 1.54) is 30.6 Å². The molecule has 0 spiro atoms. The molecule has 3 rings (SSSR count). The third-order valence-corrected chi connectivity index (χ3v) is 5.48. The van der Waals surface area contributed by atoms with Crippen molar-refractivity contribution in [3.8, 4) is 0 Å². The van der Waals surface area contributed by atoms with Crippen LogP contribution in [0.1, 0.15) is 47.6 Å². The molecule has 1 N–H and O–H groups in total. The number of methoxy groups -OCH3 is 1. The van der Waals surface area contributed by atoms with Gasteiger partial charge in [0, 0.05) is 11.4 Å². The smallest absolute Gasteiger partial charge is 0.357 e. The number of halogens is 1. The molecular formula is C19H22FN3O3S. The standard InChI is InChI=1S/C19H22FN3O3S/c1-26-18(24)16-12-27-17(21-16)11-23(13-7-3-2-4-8-13)19(25)22-15-10-6-5-9-14(15)20/h5-6,9-10,12-13H,2-4,7-8,11H2,1H3,(H,22,25). The van der Waals surface area contributed by atoms with Crippen molar-refractivity contribution in [2.45, 2.75) is 44.7 Å². The predicted octanol–water partition coefficient (Wildman–Crippen LogP) is 4.44. The predicted molar refractivity (Wildman–Crippen MR) is 101 cm³/mol. The number of thiazole rings is 1. The van der Waals surface area contributed by atoms with Crippen LogP contribution in [-0.4, -0.2) is 35.0 Å². The number of benzene rings is 1. The SMILES string of the molecule is COC(=O)c1csc(CN(C(=O)Nc2ccccc2F)C2CCCCC2)n1. The number of anilines is 1. The molecule has 1 aromatic heterocycles. The van der Waals surface area contributed by atoms with Gasteiger partial charge < -0.3 is 15.0 Å². The Balaban J connectivity index is 1.78. The summed E-state index contributed by atoms with van der Waals surface area (Å²) in [5, 5.41) is 4.93. The van der Waals surface area contributed by atoms with Gasteiger partial charge in [0.25, 0.3) is 0 Å². The summed E-state index contributed by atoms with van der Waals surface area (Å²) in [6.07, 6.45) is 5.07. The fraction of sp³-hybridized carbons (Fsp3) is 0.421. The van der Waals surface area contributed by atoms with Crippen molar-refractivity contribution in [2.75, 3.05) is 12.4 Å². The van der Waals surface area contributed by atoms with Crippen LogP contribution in [0.15, 0.2) is 29.6 Å². The van der Waals surface area contributed by atoms with Gasteiger partial charge in [-0.3, -0.25) is 0 Å². The first-order valence-corrected chi connectivity index (χ1v) is 9.81. The van der Waals surface area contributed by atoms with Gasteiger partial charge in [-0.15, -0.1) is 11.3 Å². The number of carbonyl (C=O) groups excluding carboxylic acids is 2. The highest BCUT2D eigenvalue weighted by Crippen LogP contribution is 2.26. The summed E-state index contributed by atoms with van der Waals surface area (Å²) in [4.78, 5) is 30.5. The lowest BCUT2D eigenvalue weighted by atomic mass is 9.94. The molecule has 144 valence electrons. The van der Waals surface area contributed by atoms with Gasteiger partial charge in [0.1, 0.15) is 10.8 Å². The maximum absolute atomic E-state index is 13.9. The van der Waals surface area contributed by atoms with Gasteiger partial charge in [-0.25, -0.2) is 19.0 Å². The molecule has 8 heteroatoms. The Labute approximate surface area is 161 Å². The topological polar surface area (TPSA) is 71.5 Å². The van der Waals surface area contributed by atoms with Crippen molar-refractivity contribution in [2.24, 2.45) is 0 Å². The maximum atomic E-state index is 13.9. The molecule has 0 aliphatic heterocycles. The highest BCUT2D eigenvalue weighted by Gasteiger charge is 2.27. The van der Waals surface area contributed by atoms with E-state index in [9.17, 15) is 14.0 Å². The van der Waals surface area contributed by atoms with Gasteiger partial charge in [-0.05, 0) is 25.0 Å². The number of hydrogen-bond donors (Lipinski definition) is 1. The third kappa shape index (κ3) is 4.82. The molecule has 1 saturated carbocycles. The zero-order chi connectivity index (χ0) is 19.2. The van der Waals surface area contributed by atoms with Gasteiger partial charge in [0.15, 0.2) is 5.69 Å². The first-order chi connectivity index (χ1) is 13.1. The molecule has 6 nitrogen and oxygen atoms in total. The number of nitrogens with zero attached hydrogens (tertiary/aromatic N) is 2. The van der Waals surface area contributed by atoms with Crippen molar-refractivity contribution in [1.29, 1.82) is 0 Å². The summed E-state index contributed by atoms with van der Waals surface area (Å²) in [6.45, 7) is 0.270. The van der Waals surface area contributed by atoms with Crippen LogP contribution >= 0.6 is 11.3 Å². The van der Waals surface area contributed by atoms with Crippen LogP contribution in [0.3, 0.4) is 0 Å². The Morgan fingerprint density at radius 1 is 1.30 bits per heavy atom. The van der Waals surface area contributed by atoms with E-state index in [2.05, 4.69) is 15.0 Å². The summed E-state index contributed by atoms with van der Waals surface area (Å²) in [5.41, 5.74) is 0.383. The minimum absolute atomic E-state index is 0.0657. The fourth-order valence-electron chi connectivity index (χ4n) is 3.24. The van der Waals surface area contributed by atoms with Crippen molar-refractivity contribution in [1.82, 2.24) is 9.88 Å². The molecule has 1 heterocycles. The van der Waals surface area contributed by atoms with Crippen LogP contribution in [0.25, 0.3) is 0 Å². The highest BCUT2D eigenvalue weighted by atomic mass is 32.1. The number of urea groups is 1. The normalized spacial score (nSPS) is 14.6. The summed E-state index contributed by atoms with van der Waals surface area (Å²) in [6, 6.07) is 5.80. The van der Waals surface area contributed by atoms with Gasteiger partial charge in [-0.1, -0.05) is 31.4 Å². The number of ether oxygens (including phenoxy) is 1. The van der Waals surface area contributed by atoms with E-state index in [1.807, 2.05) is 0 Å². The van der Waals surface area contributed by atoms with Crippen molar-refractivity contribution in [3.63, 3.8) is 0 Å². The lowest BCUT2D eigenvalue weighted by molar-refractivity contribution is 0.0594. The average Bonchev–Trinajstić information content (AvgIpc) is 3.16. The summed E-state index contributed by atoms with van der Waals surface area (Å²) in [7, 11) is 1.30. The van der Waals surface area contributed by atoms with Gasteiger partial charge in [0.05, 0.1) is 19.3 Å². The molecular weight excluding hydrogens is 369 g/mol. The monoisotopic (exact) mass is 391 g/mol. The van der Waals surface area contributed by atoms with Crippen LogP contribution in [0, 0.1) is 5.82 Å². The molecule has 0 atom stereocenters. The lowest BCUT2D eigenvalue weighted by Crippen LogP contribution is -2.43. The van der Waals surface area contributed by atoms with Crippen molar-refractivity contribution in [3.05, 3.63) is 46.2 Å². The number of carbonyl (C=O) groups is 2. The second kappa shape index (κ2) is 8.94. The minimum atomic E-state index is -0.502. The number of rotatable bonds is 5. The second-order valence-corrected chi connectivity index (χ2v) is 7.39. The third-order valence-electron chi connectivity index (χ3n) is 4.64. The molecule has 27 heavy (non-hydrogen) atoms. The van der Waals surface area contributed by atoms with Gasteiger partial charge >= 0.3 is 12.0 Å². The minimum Gasteiger partial charge on any atom is -0.464 e. The van der Waals surface area contributed by atoms with E-state index in [-0.39, 0.29) is 30.0 Å². The first kappa shape index (κ1) is 19.3. The zero-order valence-electron chi connectivity index (χ0n) is 15.1. The number of aromatic nitrogens is 1. The quantitative estimate of drug-likeness (QED) is 0.765. The van der Waals surface area contributed by atoms with E-state index >= 15 is 0 Å². The fourth-order valence-corrected chi connectivity index (χ4v) is 4.00. The Morgan fingerprint density at radius 2 is 2.04 bits per heavy atom. The average molecular weight is 391 g/mol. The van der Waals surface area contributed by atoms with Crippen LogP contribution in [-0.2, 0) is 11.3 Å². The van der Waals surface area contributed by atoms with Crippen LogP contribution in [0.2, 0.25) is 0 Å². The van der Waals surface area contributed by atoms with E-state index in [1.54, 1.807) is 22.4 Å². The molecule has 0 unspecified atom stereocenters. The molecule has 1 aliphatic rings. The molecule has 0 bridgehead atoms. The van der Waals surface area contributed by atoms with E-state index in [0.717, 1.165) is 32.1 Å². The van der Waals surface area contributed by atoms with Crippen LogP contribution in [0.5, 0.6) is 0 Å². The number of para-hydroxylation sites is 1. The van der Waals surface area contributed by atoms with Gasteiger partial charge in [-0.2, -0.15) is 0 Å². The summed E-state index contributed by atoms with van der Waals surface area (Å²) < 4.78 is 18.6. The number of amides is 2. The molecule has 1 aromatic carbocycles. The van der Waals surface area contributed by atoms with E-state index in [0.29, 0.717) is 5.01 Å². The number of nitrogens with one attached hydrogen (secondary N) is 1. The largest absolute Gasteiger partial charge is 0.464 e. The molecule has 1 aliphatic carbocycles. The molecule has 0 saturated heterocycles. The summed E-state index contributed by atoms with van der Waals surface area (Å²) >= 11 is 1.30. The van der Waals surface area contributed by atoms with E-state index < -0.39 is 11.8 Å². The Hall–Kier alpha value is -2.48. The Morgan fingerprint density at radius 3 is 2.74 bits per heavy atom. The van der Waals surface area contributed by atoms with E-state index in [4.69, 9.17) is 0 Å². The molecule has 1 fully saturated rings. The molecule has 0 radical (unpaired) electrons. The van der Waals surface area contributed by atoms with Crippen LogP contribution < -0.4 is 5.32 Å². The van der Waals surface area contributed by atoms with Crippen molar-refractivity contribution >= 4 is 29.0 Å². The number of hydrogen-bond acceptors (Lipinski definition) is 5. The molecule has 2 amide bonds. The zero-order valence-corrected chi connectivity index (χ0v) is 15.9. The van der Waals surface area contributed by atoms with Gasteiger partial charge in [0.2, 0.25) is 0 Å². The lowest BCUT2D eigenvalue weighted by Gasteiger charge is -2.33. The number of esters is 1. The highest BCUT2D eigenvalue weighted by molar-refractivity contribution is 7.09. The Kier molecular flexibility index (Phi) is 6.39.